The normalized spacial score (nSPS) is 11.5. The van der Waals surface area contributed by atoms with Crippen molar-refractivity contribution >= 4 is 29.9 Å². The first-order valence-corrected chi connectivity index (χ1v) is 10.3. The number of hydrogen-bond acceptors (Lipinski definition) is 4. The van der Waals surface area contributed by atoms with Gasteiger partial charge >= 0.3 is 0 Å². The first-order chi connectivity index (χ1) is 14.5. The van der Waals surface area contributed by atoms with Gasteiger partial charge in [-0.05, 0) is 37.2 Å². The SMILES string of the molecule is CCNC(=NCc1ccccc1CN(C)Cc1ccco1)N(C)Cc1cnn(C)c1.I. The minimum atomic E-state index is 0. The molecule has 0 aliphatic rings. The smallest absolute Gasteiger partial charge is 0.194 e. The Morgan fingerprint density at radius 1 is 1.10 bits per heavy atom. The molecule has 0 spiro atoms. The van der Waals surface area contributed by atoms with Gasteiger partial charge in [0.05, 0.1) is 25.5 Å². The van der Waals surface area contributed by atoms with Crippen molar-refractivity contribution in [1.82, 2.24) is 24.9 Å². The Balaban J connectivity index is 0.00000341. The standard InChI is InChI=1S/C23H32N6O.HI/c1-5-24-23(28(3)15-19-13-26-29(4)16-19)25-14-20-9-6-7-10-21(20)17-27(2)18-22-11-8-12-30-22;/h6-13,16H,5,14-15,17-18H2,1-4H3,(H,24,25);1H. The summed E-state index contributed by atoms with van der Waals surface area (Å²) in [5, 5.41) is 7.65. The number of benzene rings is 1. The molecule has 3 aromatic rings. The Morgan fingerprint density at radius 3 is 2.52 bits per heavy atom. The Labute approximate surface area is 202 Å². The molecular formula is C23H33IN6O. The van der Waals surface area contributed by atoms with Gasteiger partial charge in [0.2, 0.25) is 0 Å². The Morgan fingerprint density at radius 2 is 1.87 bits per heavy atom. The molecule has 168 valence electrons. The number of hydrogen-bond donors (Lipinski definition) is 1. The second-order valence-corrected chi connectivity index (χ2v) is 7.57. The van der Waals surface area contributed by atoms with Gasteiger partial charge in [-0.2, -0.15) is 5.10 Å². The lowest BCUT2D eigenvalue weighted by Crippen LogP contribution is -2.38. The van der Waals surface area contributed by atoms with E-state index < -0.39 is 0 Å². The predicted octanol–water partition coefficient (Wildman–Crippen LogP) is 3.86. The van der Waals surface area contributed by atoms with E-state index in [1.165, 1.54) is 11.1 Å². The number of aromatic nitrogens is 2. The summed E-state index contributed by atoms with van der Waals surface area (Å²) in [5.41, 5.74) is 3.67. The topological polar surface area (TPSA) is 61.8 Å². The second-order valence-electron chi connectivity index (χ2n) is 7.57. The van der Waals surface area contributed by atoms with Crippen molar-refractivity contribution in [2.45, 2.75) is 33.1 Å². The van der Waals surface area contributed by atoms with Crippen molar-refractivity contribution in [1.29, 1.82) is 0 Å². The minimum Gasteiger partial charge on any atom is -0.468 e. The molecule has 1 N–H and O–H groups in total. The summed E-state index contributed by atoms with van der Waals surface area (Å²) in [6.45, 7) is 5.92. The maximum absolute atomic E-state index is 5.47. The van der Waals surface area contributed by atoms with E-state index in [1.54, 1.807) is 6.26 Å². The highest BCUT2D eigenvalue weighted by Crippen LogP contribution is 2.15. The van der Waals surface area contributed by atoms with Crippen molar-refractivity contribution in [3.63, 3.8) is 0 Å². The maximum atomic E-state index is 5.47. The van der Waals surface area contributed by atoms with Crippen molar-refractivity contribution < 1.29 is 4.42 Å². The van der Waals surface area contributed by atoms with Gasteiger partial charge < -0.3 is 14.6 Å². The van der Waals surface area contributed by atoms with Gasteiger partial charge in [0, 0.05) is 45.5 Å². The van der Waals surface area contributed by atoms with E-state index in [0.29, 0.717) is 6.54 Å². The number of halogens is 1. The van der Waals surface area contributed by atoms with Gasteiger partial charge in [0.15, 0.2) is 5.96 Å². The monoisotopic (exact) mass is 536 g/mol. The molecule has 2 heterocycles. The molecule has 8 heteroatoms. The van der Waals surface area contributed by atoms with Crippen molar-refractivity contribution in [3.05, 3.63) is 77.5 Å². The molecular weight excluding hydrogens is 503 g/mol. The van der Waals surface area contributed by atoms with Gasteiger partial charge in [-0.15, -0.1) is 24.0 Å². The van der Waals surface area contributed by atoms with E-state index in [0.717, 1.165) is 43.5 Å². The molecule has 0 aliphatic heterocycles. The third-order valence-corrected chi connectivity index (χ3v) is 4.84. The van der Waals surface area contributed by atoms with Crippen LogP contribution in [0.5, 0.6) is 0 Å². The lowest BCUT2D eigenvalue weighted by molar-refractivity contribution is 0.287. The first-order valence-electron chi connectivity index (χ1n) is 10.3. The highest BCUT2D eigenvalue weighted by Gasteiger charge is 2.10. The summed E-state index contributed by atoms with van der Waals surface area (Å²) in [7, 11) is 6.09. The molecule has 0 unspecified atom stereocenters. The van der Waals surface area contributed by atoms with Crippen LogP contribution >= 0.6 is 24.0 Å². The molecule has 0 amide bonds. The summed E-state index contributed by atoms with van der Waals surface area (Å²) in [6, 6.07) is 12.4. The largest absolute Gasteiger partial charge is 0.468 e. The average molecular weight is 536 g/mol. The van der Waals surface area contributed by atoms with Crippen LogP contribution < -0.4 is 5.32 Å². The zero-order chi connectivity index (χ0) is 21.3. The molecule has 0 aliphatic carbocycles. The minimum absolute atomic E-state index is 0. The molecule has 1 aromatic carbocycles. The molecule has 2 aromatic heterocycles. The number of guanidine groups is 1. The number of aryl methyl sites for hydroxylation is 1. The van der Waals surface area contributed by atoms with Crippen LogP contribution in [0.1, 0.15) is 29.4 Å². The third-order valence-electron chi connectivity index (χ3n) is 4.84. The number of aliphatic imine (C=N–C) groups is 1. The van der Waals surface area contributed by atoms with Crippen molar-refractivity contribution in [2.75, 3.05) is 20.6 Å². The zero-order valence-corrected chi connectivity index (χ0v) is 21.1. The first kappa shape index (κ1) is 24.9. The van der Waals surface area contributed by atoms with Gasteiger partial charge in [-0.3, -0.25) is 9.58 Å². The lowest BCUT2D eigenvalue weighted by atomic mass is 10.1. The Bertz CT molecular complexity index is 937. The number of nitrogens with zero attached hydrogens (tertiary/aromatic N) is 5. The van der Waals surface area contributed by atoms with Gasteiger partial charge in [0.1, 0.15) is 5.76 Å². The van der Waals surface area contributed by atoms with Crippen LogP contribution in [0.4, 0.5) is 0 Å². The molecule has 0 saturated heterocycles. The van der Waals surface area contributed by atoms with Crippen LogP contribution in [0.15, 0.2) is 64.5 Å². The molecule has 31 heavy (non-hydrogen) atoms. The lowest BCUT2D eigenvalue weighted by Gasteiger charge is -2.22. The molecule has 0 bridgehead atoms. The fourth-order valence-corrected chi connectivity index (χ4v) is 3.41. The van der Waals surface area contributed by atoms with Crippen LogP contribution in [0.2, 0.25) is 0 Å². The van der Waals surface area contributed by atoms with E-state index in [-0.39, 0.29) is 24.0 Å². The molecule has 3 rings (SSSR count). The van der Waals surface area contributed by atoms with Crippen LogP contribution in [0.25, 0.3) is 0 Å². The fraction of sp³-hybridized carbons (Fsp3) is 0.391. The van der Waals surface area contributed by atoms with Crippen LogP contribution in [0, 0.1) is 0 Å². The van der Waals surface area contributed by atoms with Gasteiger partial charge in [-0.25, -0.2) is 4.99 Å². The van der Waals surface area contributed by atoms with E-state index in [1.807, 2.05) is 36.3 Å². The second kappa shape index (κ2) is 12.5. The van der Waals surface area contributed by atoms with Crippen molar-refractivity contribution in [2.24, 2.45) is 12.0 Å². The highest BCUT2D eigenvalue weighted by molar-refractivity contribution is 14.0. The summed E-state index contributed by atoms with van der Waals surface area (Å²) in [5.74, 6) is 1.86. The van der Waals surface area contributed by atoms with Crippen LogP contribution in [-0.4, -0.2) is 46.2 Å². The quantitative estimate of drug-likeness (QED) is 0.256. The Kier molecular flexibility index (Phi) is 10.1. The molecule has 0 radical (unpaired) electrons. The Hall–Kier alpha value is -2.33. The fourth-order valence-electron chi connectivity index (χ4n) is 3.41. The van der Waals surface area contributed by atoms with Gasteiger partial charge in [0.25, 0.3) is 0 Å². The van der Waals surface area contributed by atoms with Crippen LogP contribution in [0.3, 0.4) is 0 Å². The molecule has 0 atom stereocenters. The van der Waals surface area contributed by atoms with Crippen molar-refractivity contribution in [3.8, 4) is 0 Å². The predicted molar refractivity (Wildman–Crippen MR) is 135 cm³/mol. The number of furan rings is 1. The van der Waals surface area contributed by atoms with E-state index >= 15 is 0 Å². The van der Waals surface area contributed by atoms with E-state index in [9.17, 15) is 0 Å². The maximum Gasteiger partial charge on any atom is 0.194 e. The summed E-state index contributed by atoms with van der Waals surface area (Å²) >= 11 is 0. The van der Waals surface area contributed by atoms with E-state index in [4.69, 9.17) is 9.41 Å². The van der Waals surface area contributed by atoms with Gasteiger partial charge in [-0.1, -0.05) is 24.3 Å². The highest BCUT2D eigenvalue weighted by atomic mass is 127. The average Bonchev–Trinajstić information content (AvgIpc) is 3.37. The summed E-state index contributed by atoms with van der Waals surface area (Å²) in [6.07, 6.45) is 5.64. The zero-order valence-electron chi connectivity index (χ0n) is 18.8. The third kappa shape index (κ3) is 7.70. The summed E-state index contributed by atoms with van der Waals surface area (Å²) < 4.78 is 7.29. The number of rotatable bonds is 9. The molecule has 7 nitrogen and oxygen atoms in total. The molecule has 0 fully saturated rings. The van der Waals surface area contributed by atoms with Crippen LogP contribution in [-0.2, 0) is 33.2 Å². The van der Waals surface area contributed by atoms with E-state index in [2.05, 4.69) is 65.5 Å². The number of nitrogens with one attached hydrogen (secondary N) is 1. The molecule has 0 saturated carbocycles. The summed E-state index contributed by atoms with van der Waals surface area (Å²) in [4.78, 5) is 9.28.